The van der Waals surface area contributed by atoms with Crippen LogP contribution in [0.25, 0.3) is 0 Å². The van der Waals surface area contributed by atoms with Crippen LogP contribution in [0.2, 0.25) is 5.02 Å². The van der Waals surface area contributed by atoms with Gasteiger partial charge in [0.2, 0.25) is 0 Å². The molecule has 0 unspecified atom stereocenters. The third-order valence-corrected chi connectivity index (χ3v) is 2.88. The second-order valence-corrected chi connectivity index (χ2v) is 4.09. The predicted octanol–water partition coefficient (Wildman–Crippen LogP) is 1.70. The lowest BCUT2D eigenvalue weighted by Crippen LogP contribution is -2.19. The molecule has 2 N–H and O–H groups in total. The quantitative estimate of drug-likeness (QED) is 0.851. The maximum atomic E-state index is 11.7. The van der Waals surface area contributed by atoms with E-state index in [1.807, 2.05) is 19.1 Å². The summed E-state index contributed by atoms with van der Waals surface area (Å²) >= 11 is 6.00. The standard InChI is InChI=1S/C11H12ClN3O/c1-7-2-3-9(5-10(7)12)15-11(16)4-8(6-13)14-15/h2-3,5H,4,6,13H2,1H3. The minimum atomic E-state index is -0.0691. The molecular formula is C11H12ClN3O. The third kappa shape index (κ3) is 1.94. The zero-order valence-electron chi connectivity index (χ0n) is 8.90. The molecular weight excluding hydrogens is 226 g/mol. The van der Waals surface area contributed by atoms with Gasteiger partial charge in [-0.15, -0.1) is 0 Å². The van der Waals surface area contributed by atoms with E-state index in [9.17, 15) is 4.79 Å². The van der Waals surface area contributed by atoms with Crippen LogP contribution in [0.5, 0.6) is 0 Å². The summed E-state index contributed by atoms with van der Waals surface area (Å²) < 4.78 is 0. The van der Waals surface area contributed by atoms with Crippen LogP contribution < -0.4 is 10.7 Å². The molecule has 0 fully saturated rings. The van der Waals surface area contributed by atoms with Gasteiger partial charge in [0.25, 0.3) is 5.91 Å². The molecule has 0 bridgehead atoms. The first kappa shape index (κ1) is 11.1. The number of carbonyl (C=O) groups is 1. The van der Waals surface area contributed by atoms with E-state index in [1.165, 1.54) is 5.01 Å². The van der Waals surface area contributed by atoms with Crippen molar-refractivity contribution in [3.63, 3.8) is 0 Å². The number of nitrogens with two attached hydrogens (primary N) is 1. The number of benzene rings is 1. The summed E-state index contributed by atoms with van der Waals surface area (Å²) in [4.78, 5) is 11.7. The van der Waals surface area contributed by atoms with Gasteiger partial charge in [0.15, 0.2) is 0 Å². The fourth-order valence-electron chi connectivity index (χ4n) is 1.51. The molecule has 0 aromatic heterocycles. The molecule has 4 nitrogen and oxygen atoms in total. The molecule has 1 aromatic carbocycles. The Balaban J connectivity index is 2.34. The van der Waals surface area contributed by atoms with Gasteiger partial charge in [-0.05, 0) is 24.6 Å². The fraction of sp³-hybridized carbons (Fsp3) is 0.273. The first-order valence-electron chi connectivity index (χ1n) is 4.97. The summed E-state index contributed by atoms with van der Waals surface area (Å²) in [6.45, 7) is 2.22. The number of hydrogen-bond donors (Lipinski definition) is 1. The molecule has 2 rings (SSSR count). The molecule has 0 atom stereocenters. The number of halogens is 1. The highest BCUT2D eigenvalue weighted by molar-refractivity contribution is 6.31. The zero-order valence-corrected chi connectivity index (χ0v) is 9.66. The number of carbonyl (C=O) groups excluding carboxylic acids is 1. The highest BCUT2D eigenvalue weighted by Crippen LogP contribution is 2.25. The Morgan fingerprint density at radius 3 is 2.88 bits per heavy atom. The van der Waals surface area contributed by atoms with Crippen molar-refractivity contribution in [3.8, 4) is 0 Å². The molecule has 1 aliphatic heterocycles. The predicted molar refractivity (Wildman–Crippen MR) is 64.8 cm³/mol. The van der Waals surface area contributed by atoms with Gasteiger partial charge in [0, 0.05) is 11.6 Å². The van der Waals surface area contributed by atoms with Crippen LogP contribution >= 0.6 is 11.6 Å². The largest absolute Gasteiger partial charge is 0.325 e. The van der Waals surface area contributed by atoms with E-state index >= 15 is 0 Å². The van der Waals surface area contributed by atoms with Crippen molar-refractivity contribution in [2.75, 3.05) is 11.6 Å². The number of hydrazone groups is 1. The van der Waals surface area contributed by atoms with Crippen LogP contribution in [0.1, 0.15) is 12.0 Å². The summed E-state index contributed by atoms with van der Waals surface area (Å²) in [5.41, 5.74) is 7.81. The molecule has 5 heteroatoms. The smallest absolute Gasteiger partial charge is 0.253 e. The average molecular weight is 238 g/mol. The van der Waals surface area contributed by atoms with Crippen molar-refractivity contribution in [2.45, 2.75) is 13.3 Å². The monoisotopic (exact) mass is 237 g/mol. The van der Waals surface area contributed by atoms with Crippen LogP contribution in [0.3, 0.4) is 0 Å². The third-order valence-electron chi connectivity index (χ3n) is 2.47. The van der Waals surface area contributed by atoms with Crippen molar-refractivity contribution in [2.24, 2.45) is 10.8 Å². The lowest BCUT2D eigenvalue weighted by Gasteiger charge is -2.12. The summed E-state index contributed by atoms with van der Waals surface area (Å²) in [6, 6.07) is 5.42. The Bertz CT molecular complexity index is 470. The maximum Gasteiger partial charge on any atom is 0.253 e. The lowest BCUT2D eigenvalue weighted by atomic mass is 10.2. The Hall–Kier alpha value is -1.39. The van der Waals surface area contributed by atoms with Crippen molar-refractivity contribution in [3.05, 3.63) is 28.8 Å². The number of hydrogen-bond acceptors (Lipinski definition) is 3. The molecule has 84 valence electrons. The molecule has 0 radical (unpaired) electrons. The average Bonchev–Trinajstić information content (AvgIpc) is 2.64. The molecule has 0 aliphatic carbocycles. The molecule has 0 saturated heterocycles. The fourth-order valence-corrected chi connectivity index (χ4v) is 1.69. The van der Waals surface area contributed by atoms with Gasteiger partial charge in [0.1, 0.15) is 0 Å². The van der Waals surface area contributed by atoms with Crippen LogP contribution in [-0.2, 0) is 4.79 Å². The number of anilines is 1. The van der Waals surface area contributed by atoms with Crippen molar-refractivity contribution < 1.29 is 4.79 Å². The first-order chi connectivity index (χ1) is 7.61. The summed E-state index contributed by atoms with van der Waals surface area (Å²) in [7, 11) is 0. The van der Waals surface area contributed by atoms with E-state index < -0.39 is 0 Å². The minimum Gasteiger partial charge on any atom is -0.325 e. The molecule has 0 spiro atoms. The van der Waals surface area contributed by atoms with E-state index in [-0.39, 0.29) is 5.91 Å². The van der Waals surface area contributed by atoms with E-state index in [0.29, 0.717) is 29.4 Å². The van der Waals surface area contributed by atoms with Crippen molar-refractivity contribution in [1.29, 1.82) is 0 Å². The Morgan fingerprint density at radius 2 is 2.31 bits per heavy atom. The lowest BCUT2D eigenvalue weighted by molar-refractivity contribution is -0.116. The highest BCUT2D eigenvalue weighted by Gasteiger charge is 2.24. The normalized spacial score (nSPS) is 15.6. The zero-order chi connectivity index (χ0) is 11.7. The van der Waals surface area contributed by atoms with Crippen LogP contribution in [0.15, 0.2) is 23.3 Å². The minimum absolute atomic E-state index is 0.0691. The number of amides is 1. The van der Waals surface area contributed by atoms with E-state index in [2.05, 4.69) is 5.10 Å². The van der Waals surface area contributed by atoms with Crippen LogP contribution in [0.4, 0.5) is 5.69 Å². The highest BCUT2D eigenvalue weighted by atomic mass is 35.5. The van der Waals surface area contributed by atoms with Crippen LogP contribution in [-0.4, -0.2) is 18.2 Å². The SMILES string of the molecule is Cc1ccc(N2N=C(CN)CC2=O)cc1Cl. The Morgan fingerprint density at radius 1 is 1.56 bits per heavy atom. The van der Waals surface area contributed by atoms with Gasteiger partial charge in [-0.1, -0.05) is 17.7 Å². The first-order valence-corrected chi connectivity index (χ1v) is 5.35. The van der Waals surface area contributed by atoms with Gasteiger partial charge in [-0.3, -0.25) is 4.79 Å². The van der Waals surface area contributed by atoms with Gasteiger partial charge in [-0.2, -0.15) is 5.10 Å². The summed E-state index contributed by atoms with van der Waals surface area (Å²) in [5, 5.41) is 6.13. The summed E-state index contributed by atoms with van der Waals surface area (Å²) in [6.07, 6.45) is 0.294. The van der Waals surface area contributed by atoms with E-state index in [4.69, 9.17) is 17.3 Å². The van der Waals surface area contributed by atoms with E-state index in [1.54, 1.807) is 6.07 Å². The Labute approximate surface area is 98.7 Å². The molecule has 16 heavy (non-hydrogen) atoms. The van der Waals surface area contributed by atoms with Crippen LogP contribution in [0, 0.1) is 6.92 Å². The molecule has 1 aliphatic rings. The maximum absolute atomic E-state index is 11.7. The van der Waals surface area contributed by atoms with E-state index in [0.717, 1.165) is 5.56 Å². The molecule has 0 saturated carbocycles. The Kier molecular flexibility index (Phi) is 2.94. The number of aryl methyl sites for hydroxylation is 1. The van der Waals surface area contributed by atoms with Gasteiger partial charge in [0.05, 0.1) is 17.8 Å². The molecule has 1 aromatic rings. The number of rotatable bonds is 2. The van der Waals surface area contributed by atoms with Crippen molar-refractivity contribution >= 4 is 28.9 Å². The molecule has 1 amide bonds. The van der Waals surface area contributed by atoms with Crippen molar-refractivity contribution in [1.82, 2.24) is 0 Å². The topological polar surface area (TPSA) is 58.7 Å². The van der Waals surface area contributed by atoms with Gasteiger partial charge < -0.3 is 5.73 Å². The second kappa shape index (κ2) is 4.23. The summed E-state index contributed by atoms with van der Waals surface area (Å²) in [5.74, 6) is -0.0691. The second-order valence-electron chi connectivity index (χ2n) is 3.69. The number of nitrogens with zero attached hydrogens (tertiary/aromatic N) is 2. The molecule has 1 heterocycles. The van der Waals surface area contributed by atoms with Gasteiger partial charge >= 0.3 is 0 Å². The van der Waals surface area contributed by atoms with Gasteiger partial charge in [-0.25, -0.2) is 5.01 Å².